The SMILES string of the molecule is Cc1ccc(CC(=O)CCCCl)cc1. The van der Waals surface area contributed by atoms with Gasteiger partial charge in [-0.15, -0.1) is 11.6 Å². The molecule has 14 heavy (non-hydrogen) atoms. The molecule has 0 atom stereocenters. The molecule has 0 amide bonds. The highest BCUT2D eigenvalue weighted by atomic mass is 35.5. The standard InChI is InChI=1S/C12H15ClO/c1-10-4-6-11(7-5-10)9-12(14)3-2-8-13/h4-7H,2-3,8-9H2,1H3. The van der Waals surface area contributed by atoms with E-state index in [-0.39, 0.29) is 5.78 Å². The zero-order valence-corrected chi connectivity index (χ0v) is 9.18. The van der Waals surface area contributed by atoms with Gasteiger partial charge >= 0.3 is 0 Å². The topological polar surface area (TPSA) is 17.1 Å². The van der Waals surface area contributed by atoms with Crippen molar-refractivity contribution < 1.29 is 4.79 Å². The Morgan fingerprint density at radius 3 is 2.50 bits per heavy atom. The van der Waals surface area contributed by atoms with Gasteiger partial charge in [-0.25, -0.2) is 0 Å². The van der Waals surface area contributed by atoms with E-state index in [2.05, 4.69) is 0 Å². The van der Waals surface area contributed by atoms with Crippen LogP contribution < -0.4 is 0 Å². The molecule has 1 nitrogen and oxygen atoms in total. The van der Waals surface area contributed by atoms with E-state index in [4.69, 9.17) is 11.6 Å². The summed E-state index contributed by atoms with van der Waals surface area (Å²) in [5.74, 6) is 0.842. The van der Waals surface area contributed by atoms with Gasteiger partial charge in [-0.3, -0.25) is 4.79 Å². The summed E-state index contributed by atoms with van der Waals surface area (Å²) in [5.41, 5.74) is 2.32. The Morgan fingerprint density at radius 2 is 1.93 bits per heavy atom. The lowest BCUT2D eigenvalue weighted by Crippen LogP contribution is -2.02. The quantitative estimate of drug-likeness (QED) is 0.683. The van der Waals surface area contributed by atoms with Crippen LogP contribution >= 0.6 is 11.6 Å². The highest BCUT2D eigenvalue weighted by Gasteiger charge is 2.02. The van der Waals surface area contributed by atoms with Crippen molar-refractivity contribution in [2.75, 3.05) is 5.88 Å². The molecule has 0 heterocycles. The predicted molar refractivity (Wildman–Crippen MR) is 59.8 cm³/mol. The molecular formula is C12H15ClO. The first-order valence-corrected chi connectivity index (χ1v) is 5.39. The van der Waals surface area contributed by atoms with E-state index < -0.39 is 0 Å². The second kappa shape index (κ2) is 5.82. The number of benzene rings is 1. The van der Waals surface area contributed by atoms with Crippen LogP contribution in [0.15, 0.2) is 24.3 Å². The van der Waals surface area contributed by atoms with Crippen LogP contribution in [-0.2, 0) is 11.2 Å². The Labute approximate surface area is 90.1 Å². The summed E-state index contributed by atoms with van der Waals surface area (Å²) in [6, 6.07) is 8.08. The average Bonchev–Trinajstić information content (AvgIpc) is 2.18. The van der Waals surface area contributed by atoms with Crippen molar-refractivity contribution >= 4 is 17.4 Å². The molecule has 2 heteroatoms. The second-order valence-corrected chi connectivity index (χ2v) is 3.87. The van der Waals surface area contributed by atoms with Crippen molar-refractivity contribution in [2.24, 2.45) is 0 Å². The van der Waals surface area contributed by atoms with Gasteiger partial charge in [0.05, 0.1) is 0 Å². The van der Waals surface area contributed by atoms with Crippen molar-refractivity contribution in [3.05, 3.63) is 35.4 Å². The third kappa shape index (κ3) is 3.93. The van der Waals surface area contributed by atoms with Crippen LogP contribution in [0.5, 0.6) is 0 Å². The van der Waals surface area contributed by atoms with Crippen LogP contribution in [0.4, 0.5) is 0 Å². The Bertz CT molecular complexity index is 290. The largest absolute Gasteiger partial charge is 0.299 e. The summed E-state index contributed by atoms with van der Waals surface area (Å²) in [5, 5.41) is 0. The Balaban J connectivity index is 2.44. The molecule has 76 valence electrons. The molecule has 0 aliphatic heterocycles. The maximum absolute atomic E-state index is 11.4. The summed E-state index contributed by atoms with van der Waals surface area (Å²) in [7, 11) is 0. The van der Waals surface area contributed by atoms with Crippen LogP contribution in [0.2, 0.25) is 0 Å². The van der Waals surface area contributed by atoms with E-state index in [0.29, 0.717) is 18.7 Å². The molecule has 0 N–H and O–H groups in total. The molecule has 0 saturated carbocycles. The van der Waals surface area contributed by atoms with E-state index in [0.717, 1.165) is 12.0 Å². The maximum Gasteiger partial charge on any atom is 0.137 e. The highest BCUT2D eigenvalue weighted by Crippen LogP contribution is 2.06. The lowest BCUT2D eigenvalue weighted by Gasteiger charge is -2.00. The number of carbonyl (C=O) groups is 1. The molecule has 0 fully saturated rings. The minimum atomic E-state index is 0.273. The van der Waals surface area contributed by atoms with Gasteiger partial charge in [0, 0.05) is 18.7 Å². The van der Waals surface area contributed by atoms with Gasteiger partial charge in [-0.2, -0.15) is 0 Å². The molecule has 0 unspecified atom stereocenters. The van der Waals surface area contributed by atoms with Crippen LogP contribution in [0, 0.1) is 6.92 Å². The van der Waals surface area contributed by atoms with Gasteiger partial charge < -0.3 is 0 Å². The predicted octanol–water partition coefficient (Wildman–Crippen LogP) is 3.13. The normalized spacial score (nSPS) is 10.1. The molecular weight excluding hydrogens is 196 g/mol. The van der Waals surface area contributed by atoms with Gasteiger partial charge in [0.2, 0.25) is 0 Å². The van der Waals surface area contributed by atoms with Crippen molar-refractivity contribution in [3.63, 3.8) is 0 Å². The van der Waals surface area contributed by atoms with E-state index >= 15 is 0 Å². The van der Waals surface area contributed by atoms with Gasteiger partial charge in [-0.05, 0) is 18.9 Å². The lowest BCUT2D eigenvalue weighted by molar-refractivity contribution is -0.118. The van der Waals surface area contributed by atoms with Crippen LogP contribution in [-0.4, -0.2) is 11.7 Å². The molecule has 0 aromatic heterocycles. The number of Topliss-reactive ketones (excluding diaryl/α,β-unsaturated/α-hetero) is 1. The van der Waals surface area contributed by atoms with Crippen molar-refractivity contribution in [1.82, 2.24) is 0 Å². The van der Waals surface area contributed by atoms with Crippen molar-refractivity contribution in [3.8, 4) is 0 Å². The molecule has 0 aliphatic carbocycles. The molecule has 0 saturated heterocycles. The maximum atomic E-state index is 11.4. The van der Waals surface area contributed by atoms with Crippen LogP contribution in [0.3, 0.4) is 0 Å². The number of hydrogen-bond donors (Lipinski definition) is 0. The Morgan fingerprint density at radius 1 is 1.29 bits per heavy atom. The summed E-state index contributed by atoms with van der Waals surface area (Å²) in [6.45, 7) is 2.04. The fourth-order valence-electron chi connectivity index (χ4n) is 1.29. The number of halogens is 1. The highest BCUT2D eigenvalue weighted by molar-refractivity contribution is 6.17. The third-order valence-corrected chi connectivity index (χ3v) is 2.38. The van der Waals surface area contributed by atoms with Gasteiger partial charge in [0.25, 0.3) is 0 Å². The van der Waals surface area contributed by atoms with E-state index in [1.165, 1.54) is 5.56 Å². The summed E-state index contributed by atoms with van der Waals surface area (Å²) >= 11 is 5.52. The minimum Gasteiger partial charge on any atom is -0.299 e. The second-order valence-electron chi connectivity index (χ2n) is 3.49. The first kappa shape index (κ1) is 11.3. The number of alkyl halides is 1. The Kier molecular flexibility index (Phi) is 4.68. The first-order valence-electron chi connectivity index (χ1n) is 4.85. The number of carbonyl (C=O) groups excluding carboxylic acids is 1. The smallest absolute Gasteiger partial charge is 0.137 e. The number of aryl methyl sites for hydroxylation is 1. The molecule has 1 rings (SSSR count). The zero-order valence-electron chi connectivity index (χ0n) is 8.42. The Hall–Kier alpha value is -0.820. The number of ketones is 1. The molecule has 0 radical (unpaired) electrons. The van der Waals surface area contributed by atoms with Crippen molar-refractivity contribution in [2.45, 2.75) is 26.2 Å². The molecule has 0 spiro atoms. The minimum absolute atomic E-state index is 0.273. The molecule has 0 aliphatic rings. The van der Waals surface area contributed by atoms with Gasteiger partial charge in [0.1, 0.15) is 5.78 Å². The number of rotatable bonds is 5. The summed E-state index contributed by atoms with van der Waals surface area (Å²) < 4.78 is 0. The molecule has 1 aromatic rings. The van der Waals surface area contributed by atoms with Crippen LogP contribution in [0.25, 0.3) is 0 Å². The molecule has 0 bridgehead atoms. The van der Waals surface area contributed by atoms with E-state index in [9.17, 15) is 4.79 Å². The summed E-state index contributed by atoms with van der Waals surface area (Å²) in [6.07, 6.45) is 1.92. The zero-order chi connectivity index (χ0) is 10.4. The average molecular weight is 211 g/mol. The lowest BCUT2D eigenvalue weighted by atomic mass is 10.0. The van der Waals surface area contributed by atoms with Crippen LogP contribution in [0.1, 0.15) is 24.0 Å². The molecule has 1 aromatic carbocycles. The first-order chi connectivity index (χ1) is 6.72. The fourth-order valence-corrected chi connectivity index (χ4v) is 1.42. The summed E-state index contributed by atoms with van der Waals surface area (Å²) in [4.78, 5) is 11.4. The van der Waals surface area contributed by atoms with E-state index in [1.54, 1.807) is 0 Å². The fraction of sp³-hybridized carbons (Fsp3) is 0.417. The van der Waals surface area contributed by atoms with Gasteiger partial charge in [-0.1, -0.05) is 29.8 Å². The monoisotopic (exact) mass is 210 g/mol. The third-order valence-electron chi connectivity index (χ3n) is 2.11. The number of hydrogen-bond acceptors (Lipinski definition) is 1. The van der Waals surface area contributed by atoms with E-state index in [1.807, 2.05) is 31.2 Å². The van der Waals surface area contributed by atoms with Crippen molar-refractivity contribution in [1.29, 1.82) is 0 Å². The van der Waals surface area contributed by atoms with Gasteiger partial charge in [0.15, 0.2) is 0 Å².